The molecule has 1 aromatic heterocycles. The number of halogens is 4. The van der Waals surface area contributed by atoms with Gasteiger partial charge in [-0.05, 0) is 35.9 Å². The van der Waals surface area contributed by atoms with Gasteiger partial charge in [0.1, 0.15) is 23.9 Å². The summed E-state index contributed by atoms with van der Waals surface area (Å²) >= 11 is 5.61. The van der Waals surface area contributed by atoms with Crippen molar-refractivity contribution in [2.24, 2.45) is 0 Å². The van der Waals surface area contributed by atoms with Gasteiger partial charge in [0.15, 0.2) is 0 Å². The van der Waals surface area contributed by atoms with Crippen molar-refractivity contribution in [2.75, 3.05) is 11.9 Å². The van der Waals surface area contributed by atoms with Crippen LogP contribution in [-0.4, -0.2) is 16.1 Å². The predicted molar refractivity (Wildman–Crippen MR) is 104 cm³/mol. The second kappa shape index (κ2) is 7.91. The molecule has 30 heavy (non-hydrogen) atoms. The lowest BCUT2D eigenvalue weighted by Gasteiger charge is -2.12. The monoisotopic (exact) mass is 437 g/mol. The largest absolute Gasteiger partial charge is 0.473 e. The Morgan fingerprint density at radius 1 is 1.10 bits per heavy atom. The molecular weight excluding hydrogens is 423 g/mol. The summed E-state index contributed by atoms with van der Waals surface area (Å²) in [6.07, 6.45) is -4.57. The molecule has 156 valence electrons. The summed E-state index contributed by atoms with van der Waals surface area (Å²) in [7, 11) is 0. The van der Waals surface area contributed by atoms with Gasteiger partial charge in [0, 0.05) is 19.2 Å². The molecule has 0 bridgehead atoms. The Morgan fingerprint density at radius 3 is 2.57 bits per heavy atom. The number of nitrogens with one attached hydrogen (secondary N) is 1. The lowest BCUT2D eigenvalue weighted by molar-refractivity contribution is -0.137. The Labute approximate surface area is 173 Å². The summed E-state index contributed by atoms with van der Waals surface area (Å²) in [5.41, 5.74) is -0.568. The van der Waals surface area contributed by atoms with Crippen LogP contribution < -0.4 is 20.5 Å². The maximum Gasteiger partial charge on any atom is 0.417 e. The van der Waals surface area contributed by atoms with Gasteiger partial charge in [-0.15, -0.1) is 0 Å². The van der Waals surface area contributed by atoms with E-state index in [0.717, 1.165) is 17.7 Å². The molecule has 0 saturated carbocycles. The molecule has 3 aromatic rings. The molecule has 4 rings (SSSR count). The Hall–Kier alpha value is -3.20. The number of aromatic nitrogens is 2. The van der Waals surface area contributed by atoms with Crippen molar-refractivity contribution >= 4 is 17.4 Å². The van der Waals surface area contributed by atoms with Gasteiger partial charge in [0.25, 0.3) is 0 Å². The van der Waals surface area contributed by atoms with Crippen molar-refractivity contribution in [2.45, 2.75) is 19.3 Å². The lowest BCUT2D eigenvalue weighted by atomic mass is 10.2. The molecule has 0 unspecified atom stereocenters. The summed E-state index contributed by atoms with van der Waals surface area (Å²) in [5.74, 6) is 1.25. The fourth-order valence-electron chi connectivity index (χ4n) is 2.95. The van der Waals surface area contributed by atoms with Crippen LogP contribution in [0.25, 0.3) is 0 Å². The van der Waals surface area contributed by atoms with Gasteiger partial charge in [-0.1, -0.05) is 23.7 Å². The summed E-state index contributed by atoms with van der Waals surface area (Å²) in [5, 5.41) is 2.68. The average Bonchev–Trinajstić information content (AvgIpc) is 3.17. The van der Waals surface area contributed by atoms with Gasteiger partial charge in [-0.25, -0.2) is 4.79 Å². The Kier molecular flexibility index (Phi) is 5.29. The van der Waals surface area contributed by atoms with Crippen LogP contribution in [0.3, 0.4) is 0 Å². The zero-order valence-corrected chi connectivity index (χ0v) is 16.1. The van der Waals surface area contributed by atoms with Crippen LogP contribution in [-0.2, 0) is 19.3 Å². The molecule has 2 aromatic carbocycles. The number of rotatable bonds is 5. The van der Waals surface area contributed by atoms with E-state index in [4.69, 9.17) is 21.1 Å². The third kappa shape index (κ3) is 4.35. The minimum Gasteiger partial charge on any atom is -0.473 e. The molecule has 1 aliphatic heterocycles. The van der Waals surface area contributed by atoms with E-state index in [-0.39, 0.29) is 23.9 Å². The molecule has 10 heteroatoms. The highest BCUT2D eigenvalue weighted by atomic mass is 35.5. The van der Waals surface area contributed by atoms with Crippen molar-refractivity contribution in [3.8, 4) is 17.4 Å². The van der Waals surface area contributed by atoms with Crippen molar-refractivity contribution in [1.82, 2.24) is 9.55 Å². The third-order valence-corrected chi connectivity index (χ3v) is 4.75. The van der Waals surface area contributed by atoms with Crippen molar-refractivity contribution in [3.63, 3.8) is 0 Å². The van der Waals surface area contributed by atoms with Gasteiger partial charge in [0.2, 0.25) is 5.88 Å². The maximum absolute atomic E-state index is 13.0. The molecule has 0 amide bonds. The van der Waals surface area contributed by atoms with E-state index in [1.54, 1.807) is 30.3 Å². The molecule has 0 atom stereocenters. The van der Waals surface area contributed by atoms with Crippen molar-refractivity contribution in [1.29, 1.82) is 0 Å². The summed E-state index contributed by atoms with van der Waals surface area (Å²) in [4.78, 5) is 15.8. The number of anilines is 1. The van der Waals surface area contributed by atoms with Gasteiger partial charge in [-0.3, -0.25) is 4.57 Å². The number of hydrogen-bond acceptors (Lipinski definition) is 5. The van der Waals surface area contributed by atoms with E-state index in [0.29, 0.717) is 24.7 Å². The predicted octanol–water partition coefficient (Wildman–Crippen LogP) is 4.71. The SMILES string of the molecule is O=c1nc(OCc2ccc(Oc3ccc(Cl)c(C(F)(F)F)c3)cc2)cc2n1CCN2. The molecule has 0 radical (unpaired) electrons. The van der Waals surface area contributed by atoms with E-state index >= 15 is 0 Å². The van der Waals surface area contributed by atoms with E-state index in [2.05, 4.69) is 10.3 Å². The molecule has 1 N–H and O–H groups in total. The van der Waals surface area contributed by atoms with Gasteiger partial charge < -0.3 is 14.8 Å². The fourth-order valence-corrected chi connectivity index (χ4v) is 3.17. The van der Waals surface area contributed by atoms with E-state index < -0.39 is 16.8 Å². The minimum atomic E-state index is -4.57. The van der Waals surface area contributed by atoms with Crippen LogP contribution >= 0.6 is 11.6 Å². The zero-order valence-electron chi connectivity index (χ0n) is 15.4. The fraction of sp³-hybridized carbons (Fsp3) is 0.200. The molecule has 1 aliphatic rings. The highest BCUT2D eigenvalue weighted by molar-refractivity contribution is 6.31. The Bertz CT molecular complexity index is 1130. The average molecular weight is 438 g/mol. The van der Waals surface area contributed by atoms with Crippen LogP contribution in [0.2, 0.25) is 5.02 Å². The minimum absolute atomic E-state index is 0.0195. The maximum atomic E-state index is 13.0. The molecule has 0 fully saturated rings. The molecular formula is C20H15ClF3N3O3. The van der Waals surface area contributed by atoms with Gasteiger partial charge in [0.05, 0.1) is 10.6 Å². The van der Waals surface area contributed by atoms with Gasteiger partial charge >= 0.3 is 11.9 Å². The third-order valence-electron chi connectivity index (χ3n) is 4.42. The van der Waals surface area contributed by atoms with Crippen molar-refractivity contribution in [3.05, 3.63) is 75.2 Å². The van der Waals surface area contributed by atoms with Crippen LogP contribution in [0.15, 0.2) is 53.3 Å². The molecule has 2 heterocycles. The van der Waals surface area contributed by atoms with Gasteiger partial charge in [-0.2, -0.15) is 18.2 Å². The second-order valence-corrected chi connectivity index (χ2v) is 6.92. The first kappa shape index (κ1) is 20.1. The topological polar surface area (TPSA) is 65.4 Å². The van der Waals surface area contributed by atoms with E-state index in [1.165, 1.54) is 10.6 Å². The number of ether oxygens (including phenoxy) is 2. The van der Waals surface area contributed by atoms with Crippen LogP contribution in [0.4, 0.5) is 19.0 Å². The first-order valence-electron chi connectivity index (χ1n) is 8.92. The summed E-state index contributed by atoms with van der Waals surface area (Å²) in [6.45, 7) is 1.40. The van der Waals surface area contributed by atoms with Crippen LogP contribution in [0.1, 0.15) is 11.1 Å². The molecule has 0 spiro atoms. The summed E-state index contributed by atoms with van der Waals surface area (Å²) in [6, 6.07) is 11.6. The Balaban J connectivity index is 1.41. The standard InChI is InChI=1S/C20H15ClF3N3O3/c21-16-6-5-14(9-15(16)20(22,23)24)30-13-3-1-12(2-4-13)11-29-18-10-17-25-7-8-27(17)19(28)26-18/h1-6,9-10,25H,7-8,11H2. The lowest BCUT2D eigenvalue weighted by Crippen LogP contribution is -2.21. The summed E-state index contributed by atoms with van der Waals surface area (Å²) < 4.78 is 51.5. The zero-order chi connectivity index (χ0) is 21.3. The normalized spacial score (nSPS) is 12.9. The first-order chi connectivity index (χ1) is 14.3. The van der Waals surface area contributed by atoms with Crippen LogP contribution in [0.5, 0.6) is 17.4 Å². The molecule has 6 nitrogen and oxygen atoms in total. The highest BCUT2D eigenvalue weighted by Crippen LogP contribution is 2.37. The number of nitrogens with zero attached hydrogens (tertiary/aromatic N) is 2. The quantitative estimate of drug-likeness (QED) is 0.626. The number of alkyl halides is 3. The first-order valence-corrected chi connectivity index (χ1v) is 9.29. The molecule has 0 aliphatic carbocycles. The number of benzene rings is 2. The number of fused-ring (bicyclic) bond motifs is 1. The highest BCUT2D eigenvalue weighted by Gasteiger charge is 2.33. The number of hydrogen-bond donors (Lipinski definition) is 1. The molecule has 0 saturated heterocycles. The smallest absolute Gasteiger partial charge is 0.417 e. The van der Waals surface area contributed by atoms with Crippen molar-refractivity contribution < 1.29 is 22.6 Å². The van der Waals surface area contributed by atoms with E-state index in [9.17, 15) is 18.0 Å². The van der Waals surface area contributed by atoms with E-state index in [1.807, 2.05) is 0 Å². The van der Waals surface area contributed by atoms with Crippen LogP contribution in [0, 0.1) is 0 Å². The second-order valence-electron chi connectivity index (χ2n) is 6.51. The Morgan fingerprint density at radius 2 is 1.83 bits per heavy atom.